The van der Waals surface area contributed by atoms with Crippen LogP contribution < -0.4 is 0 Å². The van der Waals surface area contributed by atoms with E-state index in [0.29, 0.717) is 13.1 Å². The van der Waals surface area contributed by atoms with Gasteiger partial charge in [0, 0.05) is 17.6 Å². The molecule has 7 heteroatoms. The molecule has 1 atom stereocenters. The molecule has 1 fully saturated rings. The molecule has 0 N–H and O–H groups in total. The third-order valence-electron chi connectivity index (χ3n) is 4.87. The van der Waals surface area contributed by atoms with E-state index in [1.165, 1.54) is 9.87 Å². The summed E-state index contributed by atoms with van der Waals surface area (Å²) in [7, 11) is -3.70. The predicted octanol–water partition coefficient (Wildman–Crippen LogP) is 2.58. The van der Waals surface area contributed by atoms with E-state index in [1.54, 1.807) is 24.3 Å². The zero-order chi connectivity index (χ0) is 17.6. The zero-order valence-corrected chi connectivity index (χ0v) is 15.8. The fourth-order valence-electron chi connectivity index (χ4n) is 3.58. The van der Waals surface area contributed by atoms with Gasteiger partial charge >= 0.3 is 0 Å². The van der Waals surface area contributed by atoms with E-state index in [-0.39, 0.29) is 23.4 Å². The summed E-state index contributed by atoms with van der Waals surface area (Å²) in [6.07, 6.45) is 0.817. The Hall–Kier alpha value is -1.70. The van der Waals surface area contributed by atoms with Crippen LogP contribution in [-0.2, 0) is 21.2 Å². The van der Waals surface area contributed by atoms with Crippen LogP contribution in [0.15, 0.2) is 57.9 Å². The average molecular weight is 421 g/mol. The van der Waals surface area contributed by atoms with E-state index >= 15 is 0 Å². The molecule has 0 bridgehead atoms. The Morgan fingerprint density at radius 3 is 2.52 bits per heavy atom. The molecule has 4 rings (SSSR count). The molecule has 2 aromatic carbocycles. The number of halogens is 1. The van der Waals surface area contributed by atoms with Crippen LogP contribution in [0.2, 0.25) is 0 Å². The summed E-state index contributed by atoms with van der Waals surface area (Å²) in [5, 5.41) is 0. The van der Waals surface area contributed by atoms with Crippen molar-refractivity contribution in [3.05, 3.63) is 64.1 Å². The lowest BCUT2D eigenvalue weighted by Gasteiger charge is -2.44. The van der Waals surface area contributed by atoms with Crippen molar-refractivity contribution in [2.75, 3.05) is 19.6 Å². The minimum Gasteiger partial charge on any atom is -0.333 e. The fraction of sp³-hybridized carbons (Fsp3) is 0.278. The lowest BCUT2D eigenvalue weighted by molar-refractivity contribution is -0.138. The van der Waals surface area contributed by atoms with Crippen molar-refractivity contribution >= 4 is 31.9 Å². The van der Waals surface area contributed by atoms with Crippen LogP contribution in [0.5, 0.6) is 0 Å². The molecule has 1 unspecified atom stereocenters. The largest absolute Gasteiger partial charge is 0.333 e. The van der Waals surface area contributed by atoms with Crippen molar-refractivity contribution in [3.8, 4) is 0 Å². The van der Waals surface area contributed by atoms with Gasteiger partial charge in [0.15, 0.2) is 0 Å². The highest BCUT2D eigenvalue weighted by Gasteiger charge is 2.41. The maximum atomic E-state index is 13.0. The lowest BCUT2D eigenvalue weighted by atomic mass is 9.91. The molecule has 130 valence electrons. The van der Waals surface area contributed by atoms with Crippen molar-refractivity contribution < 1.29 is 13.2 Å². The van der Waals surface area contributed by atoms with Crippen LogP contribution in [0.4, 0.5) is 0 Å². The first-order valence-electron chi connectivity index (χ1n) is 8.10. The molecule has 1 amide bonds. The molecule has 2 aliphatic heterocycles. The van der Waals surface area contributed by atoms with Gasteiger partial charge in [-0.05, 0) is 41.8 Å². The molecular formula is C18H17BrN2O3S. The van der Waals surface area contributed by atoms with E-state index < -0.39 is 10.0 Å². The molecule has 5 nitrogen and oxygen atoms in total. The SMILES string of the molecule is O=C1CN(S(=O)(=O)c2ccc(Br)cc2)CC2c3ccccc3CCN12. The molecule has 2 aromatic rings. The van der Waals surface area contributed by atoms with Gasteiger partial charge in [0.25, 0.3) is 0 Å². The molecule has 0 spiro atoms. The molecule has 2 aliphatic rings. The number of benzene rings is 2. The van der Waals surface area contributed by atoms with Gasteiger partial charge < -0.3 is 4.90 Å². The Morgan fingerprint density at radius 1 is 1.04 bits per heavy atom. The van der Waals surface area contributed by atoms with Gasteiger partial charge in [-0.15, -0.1) is 0 Å². The maximum Gasteiger partial charge on any atom is 0.243 e. The molecular weight excluding hydrogens is 404 g/mol. The molecule has 0 radical (unpaired) electrons. The number of hydrogen-bond acceptors (Lipinski definition) is 3. The van der Waals surface area contributed by atoms with Gasteiger partial charge in [-0.2, -0.15) is 4.31 Å². The first-order valence-corrected chi connectivity index (χ1v) is 10.3. The first-order chi connectivity index (χ1) is 12.0. The predicted molar refractivity (Wildman–Crippen MR) is 97.5 cm³/mol. The Labute approximate surface area is 155 Å². The lowest BCUT2D eigenvalue weighted by Crippen LogP contribution is -2.55. The smallest absolute Gasteiger partial charge is 0.243 e. The van der Waals surface area contributed by atoms with Gasteiger partial charge in [-0.1, -0.05) is 40.2 Å². The van der Waals surface area contributed by atoms with E-state index in [0.717, 1.165) is 16.5 Å². The number of nitrogens with zero attached hydrogens (tertiary/aromatic N) is 2. The summed E-state index contributed by atoms with van der Waals surface area (Å²) in [5.74, 6) is -0.133. The van der Waals surface area contributed by atoms with Crippen LogP contribution in [-0.4, -0.2) is 43.2 Å². The topological polar surface area (TPSA) is 57.7 Å². The van der Waals surface area contributed by atoms with Gasteiger partial charge in [-0.25, -0.2) is 8.42 Å². The number of fused-ring (bicyclic) bond motifs is 3. The molecule has 25 heavy (non-hydrogen) atoms. The van der Waals surface area contributed by atoms with Crippen LogP contribution in [0.1, 0.15) is 17.2 Å². The van der Waals surface area contributed by atoms with E-state index in [9.17, 15) is 13.2 Å². The molecule has 2 heterocycles. The second-order valence-electron chi connectivity index (χ2n) is 6.30. The maximum absolute atomic E-state index is 13.0. The Morgan fingerprint density at radius 2 is 1.76 bits per heavy atom. The highest BCUT2D eigenvalue weighted by molar-refractivity contribution is 9.10. The van der Waals surface area contributed by atoms with Crippen LogP contribution in [0.25, 0.3) is 0 Å². The normalized spacial score (nSPS) is 20.9. The highest BCUT2D eigenvalue weighted by Crippen LogP contribution is 2.34. The van der Waals surface area contributed by atoms with Crippen molar-refractivity contribution in [1.82, 2.24) is 9.21 Å². The Balaban J connectivity index is 1.70. The minimum atomic E-state index is -3.70. The third kappa shape index (κ3) is 2.90. The van der Waals surface area contributed by atoms with Gasteiger partial charge in [0.1, 0.15) is 0 Å². The fourth-order valence-corrected chi connectivity index (χ4v) is 5.25. The molecule has 0 aliphatic carbocycles. The standard InChI is InChI=1S/C18H17BrN2O3S/c19-14-5-7-15(8-6-14)25(23,24)20-11-17-16-4-2-1-3-13(16)9-10-21(17)18(22)12-20/h1-8,17H,9-12H2. The van der Waals surface area contributed by atoms with Gasteiger partial charge in [-0.3, -0.25) is 4.79 Å². The summed E-state index contributed by atoms with van der Waals surface area (Å²) >= 11 is 3.31. The number of carbonyl (C=O) groups is 1. The second-order valence-corrected chi connectivity index (χ2v) is 9.16. The number of amides is 1. The Kier molecular flexibility index (Phi) is 4.17. The molecule has 0 saturated carbocycles. The highest BCUT2D eigenvalue weighted by atomic mass is 79.9. The number of piperazine rings is 1. The number of hydrogen-bond donors (Lipinski definition) is 0. The summed E-state index contributed by atoms with van der Waals surface area (Å²) in [4.78, 5) is 14.6. The average Bonchev–Trinajstić information content (AvgIpc) is 2.62. The van der Waals surface area contributed by atoms with E-state index in [4.69, 9.17) is 0 Å². The first kappa shape index (κ1) is 16.8. The minimum absolute atomic E-state index is 0.100. The monoisotopic (exact) mass is 420 g/mol. The second kappa shape index (κ2) is 6.23. The summed E-state index contributed by atoms with van der Waals surface area (Å²) < 4.78 is 28.1. The van der Waals surface area contributed by atoms with Crippen molar-refractivity contribution in [2.45, 2.75) is 17.4 Å². The number of carbonyl (C=O) groups excluding carboxylic acids is 1. The molecule has 0 aromatic heterocycles. The van der Waals surface area contributed by atoms with E-state index in [2.05, 4.69) is 22.0 Å². The van der Waals surface area contributed by atoms with Crippen LogP contribution in [0, 0.1) is 0 Å². The summed E-state index contributed by atoms with van der Waals surface area (Å²) in [6.45, 7) is 0.838. The van der Waals surface area contributed by atoms with Crippen LogP contribution in [0.3, 0.4) is 0 Å². The van der Waals surface area contributed by atoms with Crippen molar-refractivity contribution in [1.29, 1.82) is 0 Å². The summed E-state index contributed by atoms with van der Waals surface area (Å²) in [6, 6.07) is 14.3. The summed E-state index contributed by atoms with van der Waals surface area (Å²) in [5.41, 5.74) is 2.25. The van der Waals surface area contributed by atoms with Crippen molar-refractivity contribution in [3.63, 3.8) is 0 Å². The number of rotatable bonds is 2. The zero-order valence-electron chi connectivity index (χ0n) is 13.4. The third-order valence-corrected chi connectivity index (χ3v) is 7.23. The van der Waals surface area contributed by atoms with E-state index in [1.807, 2.05) is 23.1 Å². The number of sulfonamides is 1. The quantitative estimate of drug-likeness (QED) is 0.749. The van der Waals surface area contributed by atoms with Gasteiger partial charge in [0.2, 0.25) is 15.9 Å². The van der Waals surface area contributed by atoms with Crippen LogP contribution >= 0.6 is 15.9 Å². The van der Waals surface area contributed by atoms with Gasteiger partial charge in [0.05, 0.1) is 17.5 Å². The Bertz CT molecular complexity index is 928. The molecule has 1 saturated heterocycles. The van der Waals surface area contributed by atoms with Crippen molar-refractivity contribution in [2.24, 2.45) is 0 Å².